The summed E-state index contributed by atoms with van der Waals surface area (Å²) in [6.07, 6.45) is 2.21. The van der Waals surface area contributed by atoms with E-state index >= 15 is 0 Å². The van der Waals surface area contributed by atoms with Crippen molar-refractivity contribution >= 4 is 11.4 Å². The first-order chi connectivity index (χ1) is 9.88. The Morgan fingerprint density at radius 2 is 2.10 bits per heavy atom. The predicted molar refractivity (Wildman–Crippen MR) is 88.7 cm³/mol. The molecule has 1 aliphatic heterocycles. The molecule has 2 unspecified atom stereocenters. The maximum Gasteiger partial charge on any atom is 0.148 e. The first-order valence-electron chi connectivity index (χ1n) is 7.87. The Kier molecular flexibility index (Phi) is 5.09. The van der Waals surface area contributed by atoms with Crippen LogP contribution in [0.5, 0.6) is 0 Å². The second-order valence-corrected chi connectivity index (χ2v) is 6.57. The number of hydrogen-bond donors (Lipinski definition) is 1. The largest absolute Gasteiger partial charge is 0.382 e. The van der Waals surface area contributed by atoms with Crippen LogP contribution in [0.4, 0.5) is 15.8 Å². The highest BCUT2D eigenvalue weighted by Gasteiger charge is 2.22. The zero-order valence-electron chi connectivity index (χ0n) is 13.9. The van der Waals surface area contributed by atoms with Crippen molar-refractivity contribution in [3.63, 3.8) is 0 Å². The van der Waals surface area contributed by atoms with Gasteiger partial charge < -0.3 is 15.1 Å². The number of benzene rings is 1. The number of hydrogen-bond acceptors (Lipinski definition) is 3. The van der Waals surface area contributed by atoms with Gasteiger partial charge in [-0.05, 0) is 58.9 Å². The van der Waals surface area contributed by atoms with Gasteiger partial charge in [-0.1, -0.05) is 0 Å². The highest BCUT2D eigenvalue weighted by atomic mass is 19.1. The Hall–Kier alpha value is -1.29. The molecule has 0 amide bonds. The van der Waals surface area contributed by atoms with Crippen molar-refractivity contribution in [3.05, 3.63) is 24.0 Å². The van der Waals surface area contributed by atoms with Crippen LogP contribution < -0.4 is 10.2 Å². The lowest BCUT2D eigenvalue weighted by atomic mass is 9.98. The monoisotopic (exact) mass is 293 g/mol. The molecule has 0 bridgehead atoms. The van der Waals surface area contributed by atoms with Crippen molar-refractivity contribution < 1.29 is 4.39 Å². The molecule has 4 heteroatoms. The van der Waals surface area contributed by atoms with Crippen molar-refractivity contribution in [3.8, 4) is 0 Å². The fourth-order valence-corrected chi connectivity index (χ4v) is 2.82. The summed E-state index contributed by atoms with van der Waals surface area (Å²) >= 11 is 0. The SMILES string of the molecule is CC1CC(Nc2ccc(N(C)C(C)C)c(F)c2)CCN1C. The maximum atomic E-state index is 14.3. The average Bonchev–Trinajstić information content (AvgIpc) is 2.42. The van der Waals surface area contributed by atoms with Gasteiger partial charge in [0.15, 0.2) is 0 Å². The van der Waals surface area contributed by atoms with E-state index < -0.39 is 0 Å². The van der Waals surface area contributed by atoms with Gasteiger partial charge in [0.1, 0.15) is 5.82 Å². The molecule has 0 saturated carbocycles. The highest BCUT2D eigenvalue weighted by molar-refractivity contribution is 5.56. The molecule has 1 aliphatic rings. The van der Waals surface area contributed by atoms with E-state index in [4.69, 9.17) is 0 Å². The molecule has 0 spiro atoms. The minimum atomic E-state index is -0.155. The molecule has 2 rings (SSSR count). The molecule has 1 aromatic carbocycles. The van der Waals surface area contributed by atoms with Gasteiger partial charge in [-0.3, -0.25) is 0 Å². The van der Waals surface area contributed by atoms with Gasteiger partial charge in [-0.25, -0.2) is 4.39 Å². The molecule has 2 atom stereocenters. The normalized spacial score (nSPS) is 23.4. The predicted octanol–water partition coefficient (Wildman–Crippen LogP) is 3.56. The Bertz CT molecular complexity index is 475. The summed E-state index contributed by atoms with van der Waals surface area (Å²) in [7, 11) is 4.09. The molecule has 1 heterocycles. The number of likely N-dealkylation sites (tertiary alicyclic amines) is 1. The van der Waals surface area contributed by atoms with Crippen LogP contribution in [0.1, 0.15) is 33.6 Å². The standard InChI is InChI=1S/C17H28FN3/c1-12(2)21(5)17-7-6-14(11-16(17)18)19-15-8-9-20(4)13(3)10-15/h6-7,11-13,15,19H,8-10H2,1-5H3. The molecule has 118 valence electrons. The summed E-state index contributed by atoms with van der Waals surface area (Å²) in [5.41, 5.74) is 1.54. The minimum absolute atomic E-state index is 0.155. The van der Waals surface area contributed by atoms with Crippen LogP contribution in [0.15, 0.2) is 18.2 Å². The average molecular weight is 293 g/mol. The van der Waals surface area contributed by atoms with E-state index in [0.29, 0.717) is 17.8 Å². The van der Waals surface area contributed by atoms with Crippen molar-refractivity contribution in [2.45, 2.75) is 51.7 Å². The molecule has 0 aliphatic carbocycles. The van der Waals surface area contributed by atoms with E-state index in [1.165, 1.54) is 0 Å². The number of anilines is 2. The molecular formula is C17H28FN3. The minimum Gasteiger partial charge on any atom is -0.382 e. The smallest absolute Gasteiger partial charge is 0.148 e. The number of nitrogens with zero attached hydrogens (tertiary/aromatic N) is 2. The number of rotatable bonds is 4. The van der Waals surface area contributed by atoms with Gasteiger partial charge in [0, 0.05) is 37.4 Å². The summed E-state index contributed by atoms with van der Waals surface area (Å²) < 4.78 is 14.3. The topological polar surface area (TPSA) is 18.5 Å². The summed E-state index contributed by atoms with van der Waals surface area (Å²) in [6.45, 7) is 7.46. The van der Waals surface area contributed by atoms with Crippen LogP contribution in [0, 0.1) is 5.82 Å². The molecule has 21 heavy (non-hydrogen) atoms. The van der Waals surface area contributed by atoms with Crippen molar-refractivity contribution in [1.29, 1.82) is 0 Å². The van der Waals surface area contributed by atoms with E-state index in [1.807, 2.05) is 24.1 Å². The quantitative estimate of drug-likeness (QED) is 0.915. The Morgan fingerprint density at radius 1 is 1.38 bits per heavy atom. The van der Waals surface area contributed by atoms with Crippen LogP contribution in [0.3, 0.4) is 0 Å². The summed E-state index contributed by atoms with van der Waals surface area (Å²) in [4.78, 5) is 4.33. The highest BCUT2D eigenvalue weighted by Crippen LogP contribution is 2.25. The molecule has 1 fully saturated rings. The van der Waals surface area contributed by atoms with Gasteiger partial charge in [-0.2, -0.15) is 0 Å². The van der Waals surface area contributed by atoms with Crippen LogP contribution in [-0.4, -0.2) is 43.7 Å². The van der Waals surface area contributed by atoms with Crippen LogP contribution >= 0.6 is 0 Å². The van der Waals surface area contributed by atoms with E-state index in [0.717, 1.165) is 25.1 Å². The zero-order chi connectivity index (χ0) is 15.6. The van der Waals surface area contributed by atoms with Crippen molar-refractivity contribution in [1.82, 2.24) is 4.90 Å². The van der Waals surface area contributed by atoms with Gasteiger partial charge in [0.2, 0.25) is 0 Å². The molecule has 1 saturated heterocycles. The number of nitrogens with one attached hydrogen (secondary N) is 1. The third kappa shape index (κ3) is 3.88. The zero-order valence-corrected chi connectivity index (χ0v) is 13.9. The van der Waals surface area contributed by atoms with Gasteiger partial charge in [-0.15, -0.1) is 0 Å². The molecule has 3 nitrogen and oxygen atoms in total. The van der Waals surface area contributed by atoms with Crippen molar-refractivity contribution in [2.24, 2.45) is 0 Å². The third-order valence-electron chi connectivity index (χ3n) is 4.68. The molecule has 0 aromatic heterocycles. The lowest BCUT2D eigenvalue weighted by Crippen LogP contribution is -2.42. The molecule has 1 N–H and O–H groups in total. The number of halogens is 1. The lowest BCUT2D eigenvalue weighted by molar-refractivity contribution is 0.190. The molecule has 0 radical (unpaired) electrons. The summed E-state index contributed by atoms with van der Waals surface area (Å²) in [6, 6.07) is 6.78. The van der Waals surface area contributed by atoms with Crippen LogP contribution in [0.25, 0.3) is 0 Å². The van der Waals surface area contributed by atoms with Gasteiger partial charge in [0.05, 0.1) is 5.69 Å². The number of piperidine rings is 1. The van der Waals surface area contributed by atoms with Crippen LogP contribution in [-0.2, 0) is 0 Å². The molecular weight excluding hydrogens is 265 g/mol. The third-order valence-corrected chi connectivity index (χ3v) is 4.68. The lowest BCUT2D eigenvalue weighted by Gasteiger charge is -2.35. The van der Waals surface area contributed by atoms with Crippen molar-refractivity contribution in [2.75, 3.05) is 30.9 Å². The second-order valence-electron chi connectivity index (χ2n) is 6.57. The summed E-state index contributed by atoms with van der Waals surface area (Å²) in [5.74, 6) is -0.155. The van der Waals surface area contributed by atoms with E-state index in [9.17, 15) is 4.39 Å². The second kappa shape index (κ2) is 6.65. The fraction of sp³-hybridized carbons (Fsp3) is 0.647. The Balaban J connectivity index is 2.04. The first-order valence-corrected chi connectivity index (χ1v) is 7.87. The Labute approximate surface area is 128 Å². The Morgan fingerprint density at radius 3 is 2.67 bits per heavy atom. The fourth-order valence-electron chi connectivity index (χ4n) is 2.82. The van der Waals surface area contributed by atoms with E-state index in [-0.39, 0.29) is 11.9 Å². The van der Waals surface area contributed by atoms with Gasteiger partial charge in [0.25, 0.3) is 0 Å². The maximum absolute atomic E-state index is 14.3. The van der Waals surface area contributed by atoms with E-state index in [2.05, 4.69) is 38.0 Å². The first kappa shape index (κ1) is 16.1. The van der Waals surface area contributed by atoms with Gasteiger partial charge >= 0.3 is 0 Å². The van der Waals surface area contributed by atoms with E-state index in [1.54, 1.807) is 6.07 Å². The van der Waals surface area contributed by atoms with Crippen LogP contribution in [0.2, 0.25) is 0 Å². The summed E-state index contributed by atoms with van der Waals surface area (Å²) in [5, 5.41) is 3.48. The molecule has 1 aromatic rings.